The van der Waals surface area contributed by atoms with Crippen LogP contribution in [0.2, 0.25) is 0 Å². The van der Waals surface area contributed by atoms with Gasteiger partial charge in [-0.1, -0.05) is 6.07 Å². The van der Waals surface area contributed by atoms with Crippen LogP contribution in [0.25, 0.3) is 0 Å². The van der Waals surface area contributed by atoms with Crippen molar-refractivity contribution in [2.24, 2.45) is 0 Å². The zero-order valence-corrected chi connectivity index (χ0v) is 9.82. The fourth-order valence-corrected chi connectivity index (χ4v) is 2.21. The molecule has 1 aliphatic heterocycles. The van der Waals surface area contributed by atoms with Crippen LogP contribution >= 0.6 is 0 Å². The highest BCUT2D eigenvalue weighted by Gasteiger charge is 2.17. The van der Waals surface area contributed by atoms with Crippen LogP contribution in [0.15, 0.2) is 18.2 Å². The molecule has 1 fully saturated rings. The minimum Gasteiger partial charge on any atom is -0.395 e. The number of hydrogen-bond acceptors (Lipinski definition) is 3. The van der Waals surface area contributed by atoms with Crippen LogP contribution in [0.1, 0.15) is 5.56 Å². The predicted molar refractivity (Wildman–Crippen MR) is 65.8 cm³/mol. The summed E-state index contributed by atoms with van der Waals surface area (Å²) >= 11 is 0. The summed E-state index contributed by atoms with van der Waals surface area (Å²) in [5.74, 6) is 0. The first-order chi connectivity index (χ1) is 7.81. The van der Waals surface area contributed by atoms with E-state index in [-0.39, 0.29) is 6.61 Å². The van der Waals surface area contributed by atoms with Gasteiger partial charge in [0.2, 0.25) is 0 Å². The van der Waals surface area contributed by atoms with Gasteiger partial charge in [0.15, 0.2) is 0 Å². The molecule has 1 saturated heterocycles. The average molecular weight is 219 g/mol. The molecule has 16 heavy (non-hydrogen) atoms. The average Bonchev–Trinajstić information content (AvgIpc) is 2.31. The SMILES string of the molecule is Cc1c[c]ccc1N1CCN(CCO)CC1. The van der Waals surface area contributed by atoms with E-state index in [1.807, 2.05) is 12.1 Å². The first-order valence-electron chi connectivity index (χ1n) is 5.86. The number of aliphatic hydroxyl groups is 1. The summed E-state index contributed by atoms with van der Waals surface area (Å²) in [5, 5.41) is 8.89. The van der Waals surface area contributed by atoms with Crippen molar-refractivity contribution in [1.29, 1.82) is 0 Å². The van der Waals surface area contributed by atoms with Crippen LogP contribution < -0.4 is 4.90 Å². The normalized spacial score (nSPS) is 17.8. The van der Waals surface area contributed by atoms with Crippen LogP contribution in [0, 0.1) is 13.0 Å². The van der Waals surface area contributed by atoms with Gasteiger partial charge in [-0.2, -0.15) is 0 Å². The lowest BCUT2D eigenvalue weighted by molar-refractivity contribution is 0.188. The van der Waals surface area contributed by atoms with E-state index in [0.717, 1.165) is 32.7 Å². The van der Waals surface area contributed by atoms with Crippen LogP contribution in [-0.2, 0) is 0 Å². The standard InChI is InChI=1S/C13H19N2O/c1-12-4-2-3-5-13(12)15-8-6-14(7-9-15)10-11-16/h3-5,16H,6-11H2,1H3. The Bertz CT molecular complexity index is 332. The Morgan fingerprint density at radius 3 is 2.69 bits per heavy atom. The highest BCUT2D eigenvalue weighted by molar-refractivity contribution is 5.53. The molecule has 0 saturated carbocycles. The summed E-state index contributed by atoms with van der Waals surface area (Å²) in [7, 11) is 0. The largest absolute Gasteiger partial charge is 0.395 e. The van der Waals surface area contributed by atoms with Crippen molar-refractivity contribution in [3.63, 3.8) is 0 Å². The molecule has 0 bridgehead atoms. The maximum absolute atomic E-state index is 8.89. The number of β-amino-alcohol motifs (C(OH)–C–C–N with tert-alkyl or cyclic N) is 1. The lowest BCUT2D eigenvalue weighted by atomic mass is 10.1. The Labute approximate surface area is 97.3 Å². The second-order valence-electron chi connectivity index (χ2n) is 4.26. The number of anilines is 1. The first kappa shape index (κ1) is 11.4. The Morgan fingerprint density at radius 1 is 1.31 bits per heavy atom. The van der Waals surface area contributed by atoms with E-state index < -0.39 is 0 Å². The third-order valence-electron chi connectivity index (χ3n) is 3.17. The van der Waals surface area contributed by atoms with Gasteiger partial charge in [0.25, 0.3) is 0 Å². The van der Waals surface area contributed by atoms with Crippen molar-refractivity contribution >= 4 is 5.69 Å². The molecule has 0 aliphatic carbocycles. The molecule has 0 atom stereocenters. The summed E-state index contributed by atoms with van der Waals surface area (Å²) in [4.78, 5) is 4.72. The molecule has 2 rings (SSSR count). The molecule has 1 heterocycles. The lowest BCUT2D eigenvalue weighted by Gasteiger charge is -2.36. The van der Waals surface area contributed by atoms with Crippen molar-refractivity contribution < 1.29 is 5.11 Å². The Hall–Kier alpha value is -1.06. The number of piperazine rings is 1. The molecule has 1 aliphatic rings. The van der Waals surface area contributed by atoms with Gasteiger partial charge in [0.05, 0.1) is 6.61 Å². The second-order valence-corrected chi connectivity index (χ2v) is 4.26. The number of hydrogen-bond donors (Lipinski definition) is 1. The van der Waals surface area contributed by atoms with E-state index >= 15 is 0 Å². The molecule has 3 heteroatoms. The fraction of sp³-hybridized carbons (Fsp3) is 0.538. The summed E-state index contributed by atoms with van der Waals surface area (Å²) in [5.41, 5.74) is 2.61. The van der Waals surface area contributed by atoms with Gasteiger partial charge in [-0.3, -0.25) is 4.90 Å². The molecule has 1 radical (unpaired) electrons. The van der Waals surface area contributed by atoms with E-state index in [2.05, 4.69) is 28.9 Å². The van der Waals surface area contributed by atoms with Crippen molar-refractivity contribution in [1.82, 2.24) is 4.90 Å². The topological polar surface area (TPSA) is 26.7 Å². The maximum atomic E-state index is 8.89. The predicted octanol–water partition coefficient (Wildman–Crippen LogP) is 0.910. The van der Waals surface area contributed by atoms with Crippen LogP contribution in [-0.4, -0.2) is 49.3 Å². The summed E-state index contributed by atoms with van der Waals surface area (Å²) in [6.45, 7) is 7.37. The van der Waals surface area contributed by atoms with Crippen molar-refractivity contribution in [2.45, 2.75) is 6.92 Å². The number of nitrogens with zero attached hydrogens (tertiary/aromatic N) is 2. The molecule has 0 unspecified atom stereocenters. The molecule has 3 nitrogen and oxygen atoms in total. The fourth-order valence-electron chi connectivity index (χ4n) is 2.21. The summed E-state index contributed by atoms with van der Waals surface area (Å²) in [6, 6.07) is 9.25. The molecule has 0 amide bonds. The summed E-state index contributed by atoms with van der Waals surface area (Å²) < 4.78 is 0. The molecule has 0 spiro atoms. The Balaban J connectivity index is 1.96. The van der Waals surface area contributed by atoms with Gasteiger partial charge in [-0.05, 0) is 30.7 Å². The third-order valence-corrected chi connectivity index (χ3v) is 3.17. The van der Waals surface area contributed by atoms with Gasteiger partial charge in [0.1, 0.15) is 0 Å². The molecular weight excluding hydrogens is 200 g/mol. The highest BCUT2D eigenvalue weighted by atomic mass is 16.3. The van der Waals surface area contributed by atoms with E-state index in [9.17, 15) is 0 Å². The smallest absolute Gasteiger partial charge is 0.0558 e. The molecular formula is C13H19N2O. The Morgan fingerprint density at radius 2 is 2.06 bits per heavy atom. The first-order valence-corrected chi connectivity index (χ1v) is 5.86. The van der Waals surface area contributed by atoms with E-state index in [1.54, 1.807) is 0 Å². The van der Waals surface area contributed by atoms with Crippen LogP contribution in [0.4, 0.5) is 5.69 Å². The van der Waals surface area contributed by atoms with Crippen molar-refractivity contribution in [3.05, 3.63) is 29.8 Å². The van der Waals surface area contributed by atoms with Gasteiger partial charge < -0.3 is 10.0 Å². The molecule has 1 aromatic rings. The molecule has 87 valence electrons. The van der Waals surface area contributed by atoms with Gasteiger partial charge in [-0.15, -0.1) is 0 Å². The zero-order valence-electron chi connectivity index (χ0n) is 9.82. The minimum atomic E-state index is 0.263. The molecule has 1 aromatic carbocycles. The monoisotopic (exact) mass is 219 g/mol. The maximum Gasteiger partial charge on any atom is 0.0558 e. The molecule has 1 N–H and O–H groups in total. The van der Waals surface area contributed by atoms with Crippen molar-refractivity contribution in [3.8, 4) is 0 Å². The molecule has 0 aromatic heterocycles. The number of rotatable bonds is 3. The number of benzene rings is 1. The number of aryl methyl sites for hydroxylation is 1. The van der Waals surface area contributed by atoms with E-state index in [0.29, 0.717) is 0 Å². The third kappa shape index (κ3) is 2.54. The van der Waals surface area contributed by atoms with E-state index in [1.165, 1.54) is 11.3 Å². The van der Waals surface area contributed by atoms with Gasteiger partial charge >= 0.3 is 0 Å². The van der Waals surface area contributed by atoms with Gasteiger partial charge in [0, 0.05) is 38.4 Å². The highest BCUT2D eigenvalue weighted by Crippen LogP contribution is 2.20. The van der Waals surface area contributed by atoms with Crippen LogP contribution in [0.5, 0.6) is 0 Å². The second kappa shape index (κ2) is 5.32. The summed E-state index contributed by atoms with van der Waals surface area (Å²) in [6.07, 6.45) is 0. The van der Waals surface area contributed by atoms with E-state index in [4.69, 9.17) is 5.11 Å². The van der Waals surface area contributed by atoms with Gasteiger partial charge in [-0.25, -0.2) is 0 Å². The quantitative estimate of drug-likeness (QED) is 0.818. The zero-order chi connectivity index (χ0) is 11.4. The van der Waals surface area contributed by atoms with Crippen LogP contribution in [0.3, 0.4) is 0 Å². The Kier molecular flexibility index (Phi) is 3.80. The number of aliphatic hydroxyl groups excluding tert-OH is 1. The lowest BCUT2D eigenvalue weighted by Crippen LogP contribution is -2.47. The van der Waals surface area contributed by atoms with Crippen molar-refractivity contribution in [2.75, 3.05) is 44.2 Å². The minimum absolute atomic E-state index is 0.263.